The first-order valence-electron chi connectivity index (χ1n) is 11.4. The number of anilines is 1. The summed E-state index contributed by atoms with van der Waals surface area (Å²) < 4.78 is 0.192. The molecule has 0 spiro atoms. The monoisotopic (exact) mass is 589 g/mol. The van der Waals surface area contributed by atoms with Gasteiger partial charge >= 0.3 is 0 Å². The summed E-state index contributed by atoms with van der Waals surface area (Å²) in [7, 11) is 0. The highest BCUT2D eigenvalue weighted by Gasteiger charge is 2.33. The molecule has 1 atom stereocenters. The van der Waals surface area contributed by atoms with Crippen molar-refractivity contribution in [1.82, 2.24) is 0 Å². The lowest BCUT2D eigenvalue weighted by molar-refractivity contribution is -0.385. The van der Waals surface area contributed by atoms with E-state index < -0.39 is 4.92 Å². The SMILES string of the molecule is CC(C)(C)[C@H]1CCc2c(sc(N=Cc3cc([N+](=O)[O-])cc(Br)c3O)c2C(=O)Nc2ccc(Cl)cc2)C1. The number of nitrogens with one attached hydrogen (secondary N) is 1. The van der Waals surface area contributed by atoms with Crippen molar-refractivity contribution in [3.05, 3.63) is 77.6 Å². The summed E-state index contributed by atoms with van der Waals surface area (Å²) in [6.45, 7) is 6.69. The smallest absolute Gasteiger partial charge is 0.271 e. The first kappa shape index (κ1) is 26.3. The van der Waals surface area contributed by atoms with Crippen LogP contribution in [0.2, 0.25) is 5.02 Å². The molecule has 4 rings (SSSR count). The molecule has 188 valence electrons. The van der Waals surface area contributed by atoms with E-state index in [1.54, 1.807) is 24.3 Å². The average molecular weight is 591 g/mol. The molecule has 3 aromatic rings. The number of nitrogens with zero attached hydrogens (tertiary/aromatic N) is 2. The minimum absolute atomic E-state index is 0.137. The Kier molecular flexibility index (Phi) is 7.54. The number of benzene rings is 2. The summed E-state index contributed by atoms with van der Waals surface area (Å²) in [4.78, 5) is 29.9. The third-order valence-corrected chi connectivity index (χ3v) is 8.43. The third kappa shape index (κ3) is 5.63. The van der Waals surface area contributed by atoms with E-state index in [0.717, 1.165) is 29.7 Å². The van der Waals surface area contributed by atoms with E-state index in [2.05, 4.69) is 47.0 Å². The molecule has 1 heterocycles. The summed E-state index contributed by atoms with van der Waals surface area (Å²) in [6.07, 6.45) is 3.95. The van der Waals surface area contributed by atoms with E-state index in [4.69, 9.17) is 11.6 Å². The molecule has 1 aliphatic carbocycles. The van der Waals surface area contributed by atoms with Gasteiger partial charge in [-0.1, -0.05) is 32.4 Å². The molecule has 1 amide bonds. The van der Waals surface area contributed by atoms with E-state index in [1.807, 2.05) is 0 Å². The molecule has 0 bridgehead atoms. The second kappa shape index (κ2) is 10.3. The van der Waals surface area contributed by atoms with E-state index in [-0.39, 0.29) is 32.8 Å². The number of halogens is 2. The molecule has 0 unspecified atom stereocenters. The van der Waals surface area contributed by atoms with Gasteiger partial charge in [0, 0.05) is 39.5 Å². The van der Waals surface area contributed by atoms with Gasteiger partial charge < -0.3 is 10.4 Å². The molecule has 0 fully saturated rings. The molecule has 1 aliphatic rings. The van der Waals surface area contributed by atoms with Crippen LogP contribution in [0.1, 0.15) is 53.6 Å². The number of non-ortho nitro benzene ring substituents is 1. The summed E-state index contributed by atoms with van der Waals surface area (Å²) >= 11 is 10.6. The van der Waals surface area contributed by atoms with Crippen LogP contribution in [-0.4, -0.2) is 22.2 Å². The Labute approximate surface area is 226 Å². The van der Waals surface area contributed by atoms with Gasteiger partial charge in [-0.3, -0.25) is 14.9 Å². The molecule has 0 radical (unpaired) electrons. The number of rotatable bonds is 5. The molecular formula is C26H25BrClN3O4S. The van der Waals surface area contributed by atoms with Crippen molar-refractivity contribution in [2.45, 2.75) is 40.0 Å². The standard InChI is InChI=1S/C26H25BrClN3O4S/c1-26(2,3)15-4-9-19-21(11-15)36-25(22(19)24(33)30-17-7-5-16(28)6-8-17)29-13-14-10-18(31(34)35)12-20(27)23(14)32/h5-8,10,12-13,15,32H,4,9,11H2,1-3H3,(H,30,33)/t15-/m0/s1. The summed E-state index contributed by atoms with van der Waals surface area (Å²) in [5, 5.41) is 25.7. The minimum Gasteiger partial charge on any atom is -0.506 e. The van der Waals surface area contributed by atoms with Gasteiger partial charge in [0.05, 0.1) is 15.0 Å². The minimum atomic E-state index is -0.539. The van der Waals surface area contributed by atoms with Gasteiger partial charge in [-0.15, -0.1) is 11.3 Å². The number of thiophene rings is 1. The average Bonchev–Trinajstić information content (AvgIpc) is 3.18. The molecule has 0 aliphatic heterocycles. The van der Waals surface area contributed by atoms with Crippen LogP contribution in [0.15, 0.2) is 45.9 Å². The summed E-state index contributed by atoms with van der Waals surface area (Å²) in [5.74, 6) is 0.0377. The zero-order chi connectivity index (χ0) is 26.2. The highest BCUT2D eigenvalue weighted by Crippen LogP contribution is 2.45. The second-order valence-electron chi connectivity index (χ2n) is 9.83. The van der Waals surface area contributed by atoms with Crippen LogP contribution < -0.4 is 5.32 Å². The van der Waals surface area contributed by atoms with E-state index in [9.17, 15) is 20.0 Å². The summed E-state index contributed by atoms with van der Waals surface area (Å²) in [6, 6.07) is 9.35. The number of hydrogen-bond acceptors (Lipinski definition) is 6. The first-order chi connectivity index (χ1) is 16.9. The number of carbonyl (C=O) groups excluding carboxylic acids is 1. The van der Waals surface area contributed by atoms with E-state index in [0.29, 0.717) is 27.2 Å². The van der Waals surface area contributed by atoms with Crippen molar-refractivity contribution in [2.75, 3.05) is 5.32 Å². The van der Waals surface area contributed by atoms with Gasteiger partial charge in [0.1, 0.15) is 10.8 Å². The van der Waals surface area contributed by atoms with Crippen molar-refractivity contribution in [3.8, 4) is 5.75 Å². The molecule has 7 nitrogen and oxygen atoms in total. The van der Waals surface area contributed by atoms with Gasteiger partial charge in [-0.2, -0.15) is 0 Å². The second-order valence-corrected chi connectivity index (χ2v) is 12.2. The Morgan fingerprint density at radius 3 is 2.64 bits per heavy atom. The number of aromatic hydroxyl groups is 1. The van der Waals surface area contributed by atoms with Crippen LogP contribution in [0.4, 0.5) is 16.4 Å². The Morgan fingerprint density at radius 2 is 2.00 bits per heavy atom. The number of phenols is 1. The lowest BCUT2D eigenvalue weighted by atomic mass is 9.72. The Morgan fingerprint density at radius 1 is 1.31 bits per heavy atom. The number of carbonyl (C=O) groups is 1. The quantitative estimate of drug-likeness (QED) is 0.179. The molecule has 0 saturated carbocycles. The zero-order valence-electron chi connectivity index (χ0n) is 20.0. The van der Waals surface area contributed by atoms with Crippen molar-refractivity contribution in [1.29, 1.82) is 0 Å². The molecule has 10 heteroatoms. The fourth-order valence-corrected chi connectivity index (χ4v) is 6.16. The number of hydrogen-bond donors (Lipinski definition) is 2. The van der Waals surface area contributed by atoms with E-state index in [1.165, 1.54) is 29.7 Å². The predicted octanol–water partition coefficient (Wildman–Crippen LogP) is 7.93. The number of nitro groups is 1. The van der Waals surface area contributed by atoms with Gasteiger partial charge in [-0.25, -0.2) is 4.99 Å². The van der Waals surface area contributed by atoms with Gasteiger partial charge in [-0.05, 0) is 76.4 Å². The Bertz CT molecular complexity index is 1360. The van der Waals surface area contributed by atoms with Crippen LogP contribution in [0.3, 0.4) is 0 Å². The molecular weight excluding hydrogens is 566 g/mol. The number of aliphatic imine (C=N–C) groups is 1. The highest BCUT2D eigenvalue weighted by molar-refractivity contribution is 9.10. The van der Waals surface area contributed by atoms with Crippen LogP contribution in [0.5, 0.6) is 5.75 Å². The molecule has 1 aromatic heterocycles. The summed E-state index contributed by atoms with van der Waals surface area (Å²) in [5.41, 5.74) is 2.24. The zero-order valence-corrected chi connectivity index (χ0v) is 23.1. The third-order valence-electron chi connectivity index (χ3n) is 6.41. The lowest BCUT2D eigenvalue weighted by Gasteiger charge is -2.33. The maximum absolute atomic E-state index is 13.4. The molecule has 2 N–H and O–H groups in total. The van der Waals surface area contributed by atoms with E-state index >= 15 is 0 Å². The van der Waals surface area contributed by atoms with Crippen LogP contribution in [0.25, 0.3) is 0 Å². The number of fused-ring (bicyclic) bond motifs is 1. The van der Waals surface area contributed by atoms with Crippen molar-refractivity contribution in [2.24, 2.45) is 16.3 Å². The Balaban J connectivity index is 1.75. The molecule has 36 heavy (non-hydrogen) atoms. The maximum atomic E-state index is 13.4. The lowest BCUT2D eigenvalue weighted by Crippen LogP contribution is -2.27. The highest BCUT2D eigenvalue weighted by atomic mass is 79.9. The normalized spacial score (nSPS) is 15.6. The fraction of sp³-hybridized carbons (Fsp3) is 0.308. The Hall–Kier alpha value is -2.75. The topological polar surface area (TPSA) is 105 Å². The van der Waals surface area contributed by atoms with Crippen molar-refractivity contribution >= 4 is 67.4 Å². The van der Waals surface area contributed by atoms with Crippen molar-refractivity contribution < 1.29 is 14.8 Å². The maximum Gasteiger partial charge on any atom is 0.271 e. The van der Waals surface area contributed by atoms with Gasteiger partial charge in [0.15, 0.2) is 0 Å². The number of phenolic OH excluding ortho intramolecular Hbond substituents is 1. The van der Waals surface area contributed by atoms with Crippen LogP contribution >= 0.6 is 38.9 Å². The van der Waals surface area contributed by atoms with Crippen molar-refractivity contribution in [3.63, 3.8) is 0 Å². The predicted molar refractivity (Wildman–Crippen MR) is 148 cm³/mol. The number of amides is 1. The fourth-order valence-electron chi connectivity index (χ4n) is 4.30. The van der Waals surface area contributed by atoms with Gasteiger partial charge in [0.25, 0.3) is 11.6 Å². The molecule has 0 saturated heterocycles. The molecule has 2 aromatic carbocycles. The van der Waals surface area contributed by atoms with Crippen LogP contribution in [0, 0.1) is 21.4 Å². The van der Waals surface area contributed by atoms with Gasteiger partial charge in [0.2, 0.25) is 0 Å². The first-order valence-corrected chi connectivity index (χ1v) is 13.3. The van der Waals surface area contributed by atoms with Crippen LogP contribution in [-0.2, 0) is 12.8 Å². The largest absolute Gasteiger partial charge is 0.506 e. The number of nitro benzene ring substituents is 1.